The lowest BCUT2D eigenvalue weighted by atomic mass is 10.3. The summed E-state index contributed by atoms with van der Waals surface area (Å²) in [5.41, 5.74) is 8.73. The monoisotopic (exact) mass is 170 g/mol. The van der Waals surface area contributed by atoms with Crippen LogP contribution in [0.2, 0.25) is 0 Å². The van der Waals surface area contributed by atoms with Crippen molar-refractivity contribution in [2.24, 2.45) is 0 Å². The molecule has 1 unspecified atom stereocenters. The molecule has 0 amide bonds. The van der Waals surface area contributed by atoms with Gasteiger partial charge in [0, 0.05) is 6.08 Å². The number of methoxy groups -OCH3 is 1. The highest BCUT2D eigenvalue weighted by atomic mass is 32.2. The Morgan fingerprint density at radius 2 is 2.64 bits per heavy atom. The smallest absolute Gasteiger partial charge is 0.331 e. The number of carbonyl (C=O) groups excluding carboxylic acids is 1. The number of allylic oxidation sites excluding steroid dienone is 1. The number of carbonyl (C=O) groups is 1. The summed E-state index contributed by atoms with van der Waals surface area (Å²) in [6, 6.07) is 0. The molecule has 0 spiro atoms. The molecular formula is C6H6N2O2S. The topological polar surface area (TPSA) is 62.7 Å². The molecule has 0 N–H and O–H groups in total. The normalized spacial score (nSPS) is 21.5. The lowest BCUT2D eigenvalue weighted by molar-refractivity contribution is -0.139. The molecule has 1 heterocycles. The predicted molar refractivity (Wildman–Crippen MR) is 41.2 cm³/mol. The van der Waals surface area contributed by atoms with Crippen LogP contribution in [0.3, 0.4) is 0 Å². The summed E-state index contributed by atoms with van der Waals surface area (Å²) in [6.07, 6.45) is 1.58. The minimum absolute atomic E-state index is 0.335. The Morgan fingerprint density at radius 1 is 1.91 bits per heavy atom. The second kappa shape index (κ2) is 3.37. The van der Waals surface area contributed by atoms with Gasteiger partial charge in [-0.1, -0.05) is 0 Å². The van der Waals surface area contributed by atoms with Gasteiger partial charge < -0.3 is 10.3 Å². The Hall–Kier alpha value is -1.06. The zero-order chi connectivity index (χ0) is 8.27. The summed E-state index contributed by atoms with van der Waals surface area (Å²) in [5, 5.41) is 1.20. The Balaban J connectivity index is 2.77. The van der Waals surface area contributed by atoms with E-state index in [1.807, 2.05) is 0 Å². The molecule has 4 nitrogen and oxygen atoms in total. The highest BCUT2D eigenvalue weighted by molar-refractivity contribution is 8.04. The number of ether oxygens (including phenoxy) is 1. The van der Waals surface area contributed by atoms with E-state index in [0.717, 1.165) is 0 Å². The minimum Gasteiger partial charge on any atom is -0.468 e. The molecule has 0 aliphatic carbocycles. The molecule has 11 heavy (non-hydrogen) atoms. The molecule has 0 radical (unpaired) electrons. The van der Waals surface area contributed by atoms with Crippen LogP contribution >= 0.6 is 11.8 Å². The predicted octanol–water partition coefficient (Wildman–Crippen LogP) is 0.459. The fourth-order valence-electron chi connectivity index (χ4n) is 0.714. The number of hydrogen-bond acceptors (Lipinski definition) is 3. The number of nitrogens with zero attached hydrogens (tertiary/aromatic N) is 2. The first-order chi connectivity index (χ1) is 5.29. The Labute approximate surface area is 67.8 Å². The molecule has 0 saturated carbocycles. The van der Waals surface area contributed by atoms with Gasteiger partial charge in [-0.25, -0.2) is 0 Å². The zero-order valence-electron chi connectivity index (χ0n) is 5.85. The number of rotatable bonds is 1. The Morgan fingerprint density at radius 3 is 3.18 bits per heavy atom. The third-order valence-corrected chi connectivity index (χ3v) is 2.25. The molecule has 0 bridgehead atoms. The molecule has 5 heteroatoms. The van der Waals surface area contributed by atoms with Gasteiger partial charge in [-0.15, -0.1) is 11.8 Å². The van der Waals surface area contributed by atoms with E-state index in [-0.39, 0.29) is 0 Å². The summed E-state index contributed by atoms with van der Waals surface area (Å²) in [7, 11) is 1.30. The third kappa shape index (κ3) is 1.50. The maximum Gasteiger partial charge on any atom is 0.331 e. The Kier molecular flexibility index (Phi) is 2.46. The molecule has 1 rings (SSSR count). The average Bonchev–Trinajstić information content (AvgIpc) is 2.50. The zero-order valence-corrected chi connectivity index (χ0v) is 6.67. The van der Waals surface area contributed by atoms with Crippen LogP contribution in [0.25, 0.3) is 5.53 Å². The third-order valence-electron chi connectivity index (χ3n) is 1.25. The first-order valence-electron chi connectivity index (χ1n) is 2.91. The second-order valence-corrected chi connectivity index (χ2v) is 2.88. The van der Waals surface area contributed by atoms with Gasteiger partial charge in [0.05, 0.1) is 7.11 Å². The van der Waals surface area contributed by atoms with Crippen LogP contribution in [0, 0.1) is 0 Å². The van der Waals surface area contributed by atoms with Crippen LogP contribution in [0.15, 0.2) is 11.5 Å². The van der Waals surface area contributed by atoms with Crippen LogP contribution in [0.1, 0.15) is 0 Å². The van der Waals surface area contributed by atoms with Gasteiger partial charge in [-0.05, 0) is 5.41 Å². The van der Waals surface area contributed by atoms with E-state index in [1.54, 1.807) is 11.5 Å². The maximum absolute atomic E-state index is 10.9. The first kappa shape index (κ1) is 8.04. The number of thioether (sulfide) groups is 1. The molecule has 0 saturated heterocycles. The molecule has 0 fully saturated rings. The molecule has 58 valence electrons. The number of hydrogen-bond donors (Lipinski definition) is 0. The molecule has 0 aromatic rings. The van der Waals surface area contributed by atoms with Crippen molar-refractivity contribution in [3.05, 3.63) is 17.0 Å². The van der Waals surface area contributed by atoms with Crippen molar-refractivity contribution in [1.82, 2.24) is 0 Å². The van der Waals surface area contributed by atoms with Crippen LogP contribution in [0.4, 0.5) is 0 Å². The molecular weight excluding hydrogens is 164 g/mol. The van der Waals surface area contributed by atoms with E-state index in [0.29, 0.717) is 5.71 Å². The van der Waals surface area contributed by atoms with Crippen molar-refractivity contribution < 1.29 is 14.3 Å². The van der Waals surface area contributed by atoms with Crippen molar-refractivity contribution in [3.8, 4) is 0 Å². The Bertz CT molecular complexity index is 255. The van der Waals surface area contributed by atoms with Crippen LogP contribution < -0.4 is 0 Å². The molecule has 1 aliphatic heterocycles. The summed E-state index contributed by atoms with van der Waals surface area (Å²) in [6.45, 7) is 0. The van der Waals surface area contributed by atoms with E-state index in [9.17, 15) is 4.79 Å². The van der Waals surface area contributed by atoms with Crippen molar-refractivity contribution in [1.29, 1.82) is 0 Å². The fraction of sp³-hybridized carbons (Fsp3) is 0.333. The van der Waals surface area contributed by atoms with Crippen molar-refractivity contribution >= 4 is 23.4 Å². The lowest BCUT2D eigenvalue weighted by Crippen LogP contribution is -2.24. The average molecular weight is 170 g/mol. The van der Waals surface area contributed by atoms with E-state index < -0.39 is 11.2 Å². The van der Waals surface area contributed by atoms with Gasteiger partial charge in [0.1, 0.15) is 0 Å². The van der Waals surface area contributed by atoms with Crippen LogP contribution in [-0.4, -0.2) is 28.8 Å². The fourth-order valence-corrected chi connectivity index (χ4v) is 1.56. The summed E-state index contributed by atoms with van der Waals surface area (Å²) >= 11 is 1.26. The number of esters is 1. The highest BCUT2D eigenvalue weighted by Gasteiger charge is 2.33. The quantitative estimate of drug-likeness (QED) is 0.326. The maximum atomic E-state index is 10.9. The van der Waals surface area contributed by atoms with Crippen LogP contribution in [0.5, 0.6) is 0 Å². The molecule has 1 aliphatic rings. The molecule has 0 aromatic heterocycles. The molecule has 1 atom stereocenters. The van der Waals surface area contributed by atoms with E-state index in [4.69, 9.17) is 5.53 Å². The van der Waals surface area contributed by atoms with E-state index in [1.165, 1.54) is 18.9 Å². The van der Waals surface area contributed by atoms with E-state index in [2.05, 4.69) is 9.53 Å². The van der Waals surface area contributed by atoms with Crippen LogP contribution in [-0.2, 0) is 9.53 Å². The van der Waals surface area contributed by atoms with E-state index >= 15 is 0 Å². The highest BCUT2D eigenvalue weighted by Crippen LogP contribution is 2.21. The van der Waals surface area contributed by atoms with Gasteiger partial charge in [0.25, 0.3) is 0 Å². The van der Waals surface area contributed by atoms with Crippen molar-refractivity contribution in [2.75, 3.05) is 7.11 Å². The lowest BCUT2D eigenvalue weighted by Gasteiger charge is -1.99. The van der Waals surface area contributed by atoms with Gasteiger partial charge in [-0.3, -0.25) is 4.79 Å². The largest absolute Gasteiger partial charge is 0.468 e. The van der Waals surface area contributed by atoms with Gasteiger partial charge in [0.2, 0.25) is 5.25 Å². The van der Waals surface area contributed by atoms with Crippen molar-refractivity contribution in [3.63, 3.8) is 0 Å². The van der Waals surface area contributed by atoms with Gasteiger partial charge in [0.15, 0.2) is 0 Å². The minimum atomic E-state index is -0.495. The van der Waals surface area contributed by atoms with Gasteiger partial charge in [-0.2, -0.15) is 4.79 Å². The SMILES string of the molecule is COC(=O)C1SC=CC1=[N+]=[N-]. The standard InChI is InChI=1S/C6H6N2O2S/c1-10-6(9)5-4(8-7)2-3-11-5/h2-3,5H,1H3. The molecule has 0 aromatic carbocycles. The summed E-state index contributed by atoms with van der Waals surface area (Å²) in [5.74, 6) is -0.396. The summed E-state index contributed by atoms with van der Waals surface area (Å²) in [4.78, 5) is 13.9. The van der Waals surface area contributed by atoms with Crippen molar-refractivity contribution in [2.45, 2.75) is 5.25 Å². The second-order valence-electron chi connectivity index (χ2n) is 1.87. The first-order valence-corrected chi connectivity index (χ1v) is 3.85. The summed E-state index contributed by atoms with van der Waals surface area (Å²) < 4.78 is 4.47. The van der Waals surface area contributed by atoms with Gasteiger partial charge >= 0.3 is 11.7 Å².